The number of aromatic nitrogens is 1. The second kappa shape index (κ2) is 48.4. The van der Waals surface area contributed by atoms with Crippen LogP contribution in [0.15, 0.2) is 121 Å². The summed E-state index contributed by atoms with van der Waals surface area (Å²) < 4.78 is 29.7. The molecule has 4 bridgehead atoms. The van der Waals surface area contributed by atoms with Crippen LogP contribution in [0.3, 0.4) is 0 Å². The number of epoxide rings is 1. The number of aromatic hydroxyl groups is 1. The first-order valence-corrected chi connectivity index (χ1v) is 48.9. The van der Waals surface area contributed by atoms with Gasteiger partial charge in [-0.25, -0.2) is 14.4 Å². The Hall–Kier alpha value is -10.3. The number of rotatable bonds is 29. The molecule has 36 nitrogen and oxygen atoms in total. The number of alkyl carbamates (subject to hydrolysis) is 1. The van der Waals surface area contributed by atoms with Crippen molar-refractivity contribution in [1.29, 1.82) is 0 Å². The quantitative estimate of drug-likeness (QED) is 0.0130. The first-order chi connectivity index (χ1) is 62.5. The molecule has 41 heteroatoms. The maximum atomic E-state index is 15.4. The molecule has 4 aliphatic heterocycles. The lowest BCUT2D eigenvalue weighted by Gasteiger charge is -2.42. The van der Waals surface area contributed by atoms with Crippen LogP contribution in [0, 0.1) is 5.92 Å². The number of nitrogens with one attached hydrogen (secondary N) is 11. The van der Waals surface area contributed by atoms with E-state index in [-0.39, 0.29) is 97.0 Å². The Bertz CT molecular complexity index is 4940. The lowest BCUT2D eigenvalue weighted by molar-refractivity contribution is -0.162. The number of benzene rings is 4. The number of phenols is 1. The molecule has 4 fully saturated rings. The third-order valence-electron chi connectivity index (χ3n) is 23.9. The predicted octanol–water partition coefficient (Wildman–Crippen LogP) is 4.99. The summed E-state index contributed by atoms with van der Waals surface area (Å²) in [7, 11) is 9.66. The van der Waals surface area contributed by atoms with E-state index in [0.717, 1.165) is 85.8 Å². The van der Waals surface area contributed by atoms with Crippen molar-refractivity contribution in [2.75, 3.05) is 62.8 Å². The van der Waals surface area contributed by atoms with E-state index in [2.05, 4.69) is 58.2 Å². The number of halogens is 1. The number of nitrogens with two attached hydrogens (primary N) is 2. The van der Waals surface area contributed by atoms with Crippen LogP contribution >= 0.6 is 54.8 Å². The van der Waals surface area contributed by atoms with Gasteiger partial charge < -0.3 is 113 Å². The fraction of sp³-hybridized carbons (Fsp3) is 0.522. The minimum atomic E-state index is -1.96. The molecule has 0 radical (unpaired) electrons. The van der Waals surface area contributed by atoms with E-state index in [0.29, 0.717) is 46.0 Å². The van der Waals surface area contributed by atoms with Gasteiger partial charge in [0, 0.05) is 105 Å². The fourth-order valence-electron chi connectivity index (χ4n) is 16.0. The zero-order chi connectivity index (χ0) is 95.0. The number of esters is 1. The van der Waals surface area contributed by atoms with E-state index in [9.17, 15) is 58.5 Å². The molecular weight excluding hydrogens is 1790 g/mol. The van der Waals surface area contributed by atoms with Crippen molar-refractivity contribution in [3.05, 3.63) is 148 Å². The number of nitrogens with zero attached hydrogens (tertiary/aromatic N) is 2. The molecule has 5 aliphatic rings. The molecule has 0 unspecified atom stereocenters. The highest BCUT2D eigenvalue weighted by Crippen LogP contribution is 2.50. The van der Waals surface area contributed by atoms with Crippen molar-refractivity contribution in [3.63, 3.8) is 0 Å². The van der Waals surface area contributed by atoms with Crippen LogP contribution in [0.5, 0.6) is 11.5 Å². The second-order valence-corrected chi connectivity index (χ2v) is 39.3. The number of aliphatic hydroxyl groups is 2. The Morgan fingerprint density at radius 1 is 0.802 bits per heavy atom. The number of primary amides is 1. The van der Waals surface area contributed by atoms with Gasteiger partial charge in [0.05, 0.1) is 31.4 Å². The van der Waals surface area contributed by atoms with Crippen LogP contribution in [-0.4, -0.2) is 263 Å². The number of carbonyl (C=O) groups excluding carboxylic acids is 13. The number of hydrogen-bond donors (Lipinski definition) is 16. The highest BCUT2D eigenvalue weighted by Gasteiger charge is 2.65. The van der Waals surface area contributed by atoms with Gasteiger partial charge in [-0.2, -0.15) is 0 Å². The summed E-state index contributed by atoms with van der Waals surface area (Å²) in [5.41, 5.74) is 12.7. The van der Waals surface area contributed by atoms with Gasteiger partial charge in [-0.15, -0.1) is 0 Å². The Labute approximate surface area is 781 Å². The largest absolute Gasteiger partial charge is 0.508 e. The molecule has 131 heavy (non-hydrogen) atoms. The third-order valence-corrected chi connectivity index (χ3v) is 29.2. The summed E-state index contributed by atoms with van der Waals surface area (Å²) in [5.74, 6) is -11.1. The number of likely N-dealkylation sites (N-methyl/N-ethyl adjacent to an activating group) is 1. The van der Waals surface area contributed by atoms with Crippen molar-refractivity contribution in [2.24, 2.45) is 17.4 Å². The molecule has 5 heterocycles. The highest BCUT2D eigenvalue weighted by atomic mass is 35.5. The average molecular weight is 1910 g/mol. The molecular formula is C90H120ClN15O21S4. The van der Waals surface area contributed by atoms with Crippen LogP contribution in [0.2, 0.25) is 5.02 Å². The number of phenolic OH excluding ortho intramolecular Hbond substituents is 1. The summed E-state index contributed by atoms with van der Waals surface area (Å²) >= 11 is 6.91. The molecule has 1 saturated carbocycles. The van der Waals surface area contributed by atoms with Crippen LogP contribution in [-0.2, 0) is 97.4 Å². The van der Waals surface area contributed by atoms with Crippen LogP contribution in [0.25, 0.3) is 10.9 Å². The second-order valence-electron chi connectivity index (χ2n) is 33.7. The average Bonchev–Trinajstić information content (AvgIpc) is 1.57. The molecule has 4 aromatic carbocycles. The van der Waals surface area contributed by atoms with Crippen LogP contribution < -0.4 is 74.3 Å². The summed E-state index contributed by atoms with van der Waals surface area (Å²) in [4.78, 5) is 195. The van der Waals surface area contributed by atoms with Crippen molar-refractivity contribution in [2.45, 2.75) is 233 Å². The first-order valence-electron chi connectivity index (χ1n) is 43.6. The van der Waals surface area contributed by atoms with Gasteiger partial charge >= 0.3 is 18.1 Å². The standard InChI is InChI=1S/C90H120ClN15O21S4/c1-49-21-20-29-71(124-9)90(122)44-70(125-88(121)104-90)50(2)77-89(5,127-77)72(43-74(110)106(7)68-40-55(37-49)41-69(123-8)75(68)91)126-86(119)51(3)105(6)73(109)34-36-128-129-46-65(78(93)111)99-84(117)67-48-131-130-47-66(100-81(114)63(38-53-22-12-10-13-23-53)102-87(120)95-57-24-14-11-15-25-57)83(116)97-62(39-54-30-32-58(108)33-31-54)80(113)98-64(42-56-45-94-60-27-17-16-26-59(56)60)82(115)96-61(28-18-19-35-92)79(112)103-76(52(4)107)85(118)101-67/h10,12-13,16-17,20-23,26-27,29-33,40-41,45,50-52,57,61-67,70-72,76-77,94,107-108,122H,11,14-15,18-19,24-25,28,34-39,42-44,46-48,92H2,1-9H3,(H2,93,111)(H,96,115)(H,97,116)(H,98,113)(H,99,117)(H,100,114)(H,101,118)(H,103,112)(H,104,121)(H2,95,102,120)/b29-20+,49-21+/t50-,51+,52-,61+,62+,63-,64-,65+,66+,67+,70+,71-,72+,76+,77+,89+,90+/m1/s1. The number of H-pyrrole nitrogens is 1. The summed E-state index contributed by atoms with van der Waals surface area (Å²) in [5, 5.41) is 61.9. The Morgan fingerprint density at radius 2 is 1.48 bits per heavy atom. The van der Waals surface area contributed by atoms with Gasteiger partial charge in [-0.1, -0.05) is 165 Å². The summed E-state index contributed by atoms with van der Waals surface area (Å²) in [6.07, 6.45) is 3.68. The number of para-hydroxylation sites is 1. The normalized spacial score (nSPS) is 26.2. The summed E-state index contributed by atoms with van der Waals surface area (Å²) in [6, 6.07) is 10.8. The molecule has 18 N–H and O–H groups in total. The molecule has 712 valence electrons. The van der Waals surface area contributed by atoms with Gasteiger partial charge in [0.15, 0.2) is 5.72 Å². The lowest BCUT2D eigenvalue weighted by atomic mass is 9.83. The van der Waals surface area contributed by atoms with E-state index in [1.165, 1.54) is 71.3 Å². The Kier molecular flexibility index (Phi) is 38.0. The number of methoxy groups -OCH3 is 2. The van der Waals surface area contributed by atoms with Crippen LogP contribution in [0.1, 0.15) is 128 Å². The number of fused-ring (bicyclic) bond motifs is 6. The molecule has 0 spiro atoms. The number of aromatic amines is 1. The van der Waals surface area contributed by atoms with Gasteiger partial charge in [-0.05, 0) is 125 Å². The third kappa shape index (κ3) is 28.6. The summed E-state index contributed by atoms with van der Waals surface area (Å²) in [6.45, 7) is 8.05. The predicted molar refractivity (Wildman–Crippen MR) is 499 cm³/mol. The van der Waals surface area contributed by atoms with Crippen molar-refractivity contribution in [1.82, 2.24) is 63.1 Å². The fourth-order valence-corrected chi connectivity index (χ4v) is 20.8. The highest BCUT2D eigenvalue weighted by molar-refractivity contribution is 8.77. The van der Waals surface area contributed by atoms with Gasteiger partial charge in [0.2, 0.25) is 59.1 Å². The van der Waals surface area contributed by atoms with E-state index < -0.39 is 191 Å². The molecule has 1 aromatic heterocycles. The Morgan fingerprint density at radius 3 is 2.18 bits per heavy atom. The number of unbranched alkanes of at least 4 members (excludes halogenated alkanes) is 1. The zero-order valence-electron chi connectivity index (χ0n) is 74.6. The zero-order valence-corrected chi connectivity index (χ0v) is 78.6. The number of urea groups is 1. The van der Waals surface area contributed by atoms with E-state index in [4.69, 9.17) is 46.8 Å². The topological polar surface area (TPSA) is 527 Å². The molecule has 13 amide bonds. The van der Waals surface area contributed by atoms with Crippen molar-refractivity contribution in [3.8, 4) is 11.5 Å². The molecule has 1 aliphatic carbocycles. The van der Waals surface area contributed by atoms with E-state index >= 15 is 19.2 Å². The number of ether oxygens (including phenoxy) is 5. The Balaban J connectivity index is 0.870. The minimum Gasteiger partial charge on any atom is -0.508 e. The smallest absolute Gasteiger partial charge is 0.409 e. The van der Waals surface area contributed by atoms with E-state index in [1.54, 1.807) is 92.9 Å². The molecule has 3 saturated heterocycles. The SMILES string of the molecule is COc1cc2cc(c1Cl)N(C)C(=O)C[C@H](OC(=O)[C@H](C)N(C)C(=O)CCSSC[C@H](NC(=O)[C@@H]1CSSC[C@H](NC(=O)[C@@H](Cc3ccccc3)NC(=O)NC3CCCCC3)C(=O)N[C@@H](Cc3ccc(O)cc3)C(=O)N[C@H](Cc3c[nH]c4ccccc34)C(=O)N[C@@H](CCCCN)C(=O)N[C@@H]([C@@H](C)O)C(=O)N1)C(N)=O)[C@]1(C)O[C@H]1[C@H](C)[C@@H]1C[C@@](O)(NC(=O)O1)[C@H](OC)/C=C/C=C(\C)C2. The monoisotopic (exact) mass is 1910 g/mol. The van der Waals surface area contributed by atoms with Crippen LogP contribution in [0.4, 0.5) is 15.3 Å². The van der Waals surface area contributed by atoms with Gasteiger partial charge in [0.25, 0.3) is 0 Å². The number of hydrogen-bond acceptors (Lipinski definition) is 26. The number of allylic oxidation sites excluding steroid dienone is 3. The van der Waals surface area contributed by atoms with Crippen molar-refractivity contribution < 1.29 is 101 Å². The van der Waals surface area contributed by atoms with Gasteiger partial charge in [0.1, 0.15) is 94.8 Å². The lowest BCUT2D eigenvalue weighted by Crippen LogP contribution is -2.63. The maximum Gasteiger partial charge on any atom is 0.409 e. The molecule has 5 aromatic rings. The number of carbonyl (C=O) groups is 13. The molecule has 10 rings (SSSR count). The van der Waals surface area contributed by atoms with E-state index in [1.807, 2.05) is 19.1 Å². The number of amides is 13. The maximum absolute atomic E-state index is 15.4. The minimum absolute atomic E-state index is 0.0469. The van der Waals surface area contributed by atoms with Crippen molar-refractivity contribution >= 4 is 149 Å². The number of aliphatic hydroxyl groups excluding tert-OH is 1. The molecule has 17 atom stereocenters. The number of anilines is 1. The van der Waals surface area contributed by atoms with Gasteiger partial charge in [-0.3, -0.25) is 53.3 Å². The first kappa shape index (κ1) is 103.